The molecule has 0 nitrogen and oxygen atoms in total. The first-order chi connectivity index (χ1) is 7.54. The van der Waals surface area contributed by atoms with Crippen LogP contribution in [0, 0.1) is 18.3 Å². The molecule has 0 bridgehead atoms. The first-order valence-corrected chi connectivity index (χ1v) is 6.44. The van der Waals surface area contributed by atoms with Crippen molar-refractivity contribution in [3.05, 3.63) is 41.3 Å². The molecule has 1 rings (SSSR count). The Bertz CT molecular complexity index is 321. The van der Waals surface area contributed by atoms with Gasteiger partial charge in [0, 0.05) is 0 Å². The minimum atomic E-state index is 0.729. The molecule has 1 aromatic rings. The number of hydrogen-bond acceptors (Lipinski definition) is 0. The molecule has 16 heavy (non-hydrogen) atoms. The van der Waals surface area contributed by atoms with E-state index in [2.05, 4.69) is 59.2 Å². The maximum Gasteiger partial charge on any atom is -0.0121 e. The topological polar surface area (TPSA) is 0 Å². The third-order valence-corrected chi connectivity index (χ3v) is 2.86. The molecule has 0 fully saturated rings. The summed E-state index contributed by atoms with van der Waals surface area (Å²) in [6, 6.07) is 6.73. The second-order valence-electron chi connectivity index (χ2n) is 5.47. The van der Waals surface area contributed by atoms with E-state index in [9.17, 15) is 0 Å². The fraction of sp³-hybridized carbons (Fsp3) is 0.562. The summed E-state index contributed by atoms with van der Waals surface area (Å²) in [5.74, 6) is 1.46. The minimum absolute atomic E-state index is 0.729. The predicted octanol–water partition coefficient (Wildman–Crippen LogP) is 4.66. The second kappa shape index (κ2) is 6.08. The molecule has 0 spiro atoms. The van der Waals surface area contributed by atoms with Gasteiger partial charge in [0.2, 0.25) is 0 Å². The van der Waals surface area contributed by atoms with Gasteiger partial charge in [-0.2, -0.15) is 0 Å². The van der Waals surface area contributed by atoms with Gasteiger partial charge >= 0.3 is 0 Å². The van der Waals surface area contributed by atoms with Crippen LogP contribution in [0.1, 0.15) is 51.3 Å². The van der Waals surface area contributed by atoms with Gasteiger partial charge in [0.15, 0.2) is 0 Å². The second-order valence-corrected chi connectivity index (χ2v) is 5.47. The molecule has 1 aromatic carbocycles. The van der Waals surface area contributed by atoms with Crippen LogP contribution < -0.4 is 0 Å². The van der Waals surface area contributed by atoms with E-state index in [0.29, 0.717) is 0 Å². The Morgan fingerprint density at radius 3 is 2.12 bits per heavy atom. The van der Waals surface area contributed by atoms with Crippen molar-refractivity contribution in [2.45, 2.75) is 47.5 Å². The predicted molar refractivity (Wildman–Crippen MR) is 72.6 cm³/mol. The van der Waals surface area contributed by atoms with Crippen molar-refractivity contribution in [1.29, 1.82) is 0 Å². The van der Waals surface area contributed by atoms with Gasteiger partial charge in [0.05, 0.1) is 0 Å². The lowest BCUT2D eigenvalue weighted by atomic mass is 9.88. The molecule has 89 valence electrons. The van der Waals surface area contributed by atoms with E-state index in [4.69, 9.17) is 0 Å². The third-order valence-electron chi connectivity index (χ3n) is 2.86. The average molecular weight is 217 g/mol. The largest absolute Gasteiger partial charge is 0.0625 e. The van der Waals surface area contributed by atoms with Gasteiger partial charge in [-0.3, -0.25) is 0 Å². The Labute approximate surface area is 101 Å². The Morgan fingerprint density at radius 1 is 1.00 bits per heavy atom. The highest BCUT2D eigenvalue weighted by molar-refractivity contribution is 5.39. The molecule has 0 aliphatic heterocycles. The van der Waals surface area contributed by atoms with E-state index in [1.165, 1.54) is 18.4 Å². The molecule has 0 saturated carbocycles. The number of rotatable bonds is 5. The van der Waals surface area contributed by atoms with E-state index in [1.807, 2.05) is 0 Å². The Balaban J connectivity index is 3.04. The molecule has 0 unspecified atom stereocenters. The van der Waals surface area contributed by atoms with Crippen molar-refractivity contribution in [3.63, 3.8) is 0 Å². The first kappa shape index (κ1) is 13.3. The lowest BCUT2D eigenvalue weighted by molar-refractivity contribution is 0.614. The highest BCUT2D eigenvalue weighted by atomic mass is 14.1. The van der Waals surface area contributed by atoms with E-state index in [1.54, 1.807) is 11.1 Å². The fourth-order valence-electron chi connectivity index (χ4n) is 2.21. The highest BCUT2D eigenvalue weighted by Crippen LogP contribution is 2.22. The summed E-state index contributed by atoms with van der Waals surface area (Å²) in [6.45, 7) is 11.3. The molecular formula is C16H25. The zero-order valence-electron chi connectivity index (χ0n) is 11.4. The summed E-state index contributed by atoms with van der Waals surface area (Å²) in [7, 11) is 0. The van der Waals surface area contributed by atoms with Gasteiger partial charge < -0.3 is 0 Å². The smallest absolute Gasteiger partial charge is 0.0121 e. The van der Waals surface area contributed by atoms with Gasteiger partial charge in [0.1, 0.15) is 0 Å². The molecule has 0 saturated heterocycles. The van der Waals surface area contributed by atoms with Crippen LogP contribution in [0.3, 0.4) is 0 Å². The number of benzene rings is 1. The zero-order valence-corrected chi connectivity index (χ0v) is 11.4. The van der Waals surface area contributed by atoms with E-state index in [-0.39, 0.29) is 0 Å². The van der Waals surface area contributed by atoms with Crippen LogP contribution in [-0.2, 0) is 12.8 Å². The maximum absolute atomic E-state index is 2.30. The van der Waals surface area contributed by atoms with E-state index >= 15 is 0 Å². The van der Waals surface area contributed by atoms with Crippen molar-refractivity contribution >= 4 is 0 Å². The molecule has 0 heteroatoms. The fourth-order valence-corrected chi connectivity index (χ4v) is 2.21. The normalized spacial score (nSPS) is 11.4. The average Bonchev–Trinajstić information content (AvgIpc) is 2.19. The van der Waals surface area contributed by atoms with Crippen molar-refractivity contribution in [3.8, 4) is 0 Å². The molecular weight excluding hydrogens is 192 g/mol. The van der Waals surface area contributed by atoms with Crippen LogP contribution in [-0.4, -0.2) is 0 Å². The van der Waals surface area contributed by atoms with Crippen molar-refractivity contribution in [2.75, 3.05) is 0 Å². The summed E-state index contributed by atoms with van der Waals surface area (Å²) in [6.07, 6.45) is 4.63. The summed E-state index contributed by atoms with van der Waals surface area (Å²) < 4.78 is 0. The van der Waals surface area contributed by atoms with Gasteiger partial charge in [-0.25, -0.2) is 0 Å². The third kappa shape index (κ3) is 3.66. The van der Waals surface area contributed by atoms with Crippen LogP contribution in [0.5, 0.6) is 0 Å². The number of hydrogen-bond donors (Lipinski definition) is 0. The van der Waals surface area contributed by atoms with E-state index in [0.717, 1.165) is 11.8 Å². The minimum Gasteiger partial charge on any atom is -0.0625 e. The van der Waals surface area contributed by atoms with Crippen LogP contribution in [0.2, 0.25) is 0 Å². The quantitative estimate of drug-likeness (QED) is 0.673. The molecule has 0 heterocycles. The lowest BCUT2D eigenvalue weighted by Gasteiger charge is -2.17. The molecule has 0 aromatic heterocycles. The van der Waals surface area contributed by atoms with E-state index < -0.39 is 0 Å². The SMILES string of the molecule is C[CH]c1cccc(CC(C)C)c1CC(C)C. The zero-order chi connectivity index (χ0) is 12.1. The standard InChI is InChI=1S/C16H25/c1-6-14-8-7-9-15(10-12(2)3)16(14)11-13(4)5/h6-9,12-13H,10-11H2,1-5H3. The first-order valence-electron chi connectivity index (χ1n) is 6.44. The molecule has 0 aliphatic carbocycles. The molecule has 0 aliphatic rings. The summed E-state index contributed by atoms with van der Waals surface area (Å²) >= 11 is 0. The monoisotopic (exact) mass is 217 g/mol. The Morgan fingerprint density at radius 2 is 1.62 bits per heavy atom. The molecule has 0 amide bonds. The molecule has 0 atom stereocenters. The Hall–Kier alpha value is -0.780. The Kier molecular flexibility index (Phi) is 5.05. The summed E-state index contributed by atoms with van der Waals surface area (Å²) in [5, 5.41) is 0. The van der Waals surface area contributed by atoms with Crippen LogP contribution in [0.4, 0.5) is 0 Å². The molecule has 0 N–H and O–H groups in total. The summed E-state index contributed by atoms with van der Waals surface area (Å²) in [4.78, 5) is 0. The van der Waals surface area contributed by atoms with Crippen molar-refractivity contribution in [2.24, 2.45) is 11.8 Å². The summed E-state index contributed by atoms with van der Waals surface area (Å²) in [5.41, 5.74) is 4.53. The van der Waals surface area contributed by atoms with Crippen molar-refractivity contribution in [1.82, 2.24) is 0 Å². The molecule has 1 radical (unpaired) electrons. The van der Waals surface area contributed by atoms with Gasteiger partial charge in [-0.1, -0.05) is 52.8 Å². The van der Waals surface area contributed by atoms with Gasteiger partial charge in [0.25, 0.3) is 0 Å². The van der Waals surface area contributed by atoms with Gasteiger partial charge in [-0.15, -0.1) is 0 Å². The van der Waals surface area contributed by atoms with Crippen LogP contribution in [0.15, 0.2) is 18.2 Å². The van der Waals surface area contributed by atoms with Gasteiger partial charge in [-0.05, 0) is 47.8 Å². The highest BCUT2D eigenvalue weighted by Gasteiger charge is 2.10. The van der Waals surface area contributed by atoms with Crippen molar-refractivity contribution < 1.29 is 0 Å². The van der Waals surface area contributed by atoms with Crippen LogP contribution in [0.25, 0.3) is 0 Å². The van der Waals surface area contributed by atoms with Crippen LogP contribution >= 0.6 is 0 Å². The maximum atomic E-state index is 2.30. The lowest BCUT2D eigenvalue weighted by Crippen LogP contribution is -2.05.